The topological polar surface area (TPSA) is 62.6 Å². The summed E-state index contributed by atoms with van der Waals surface area (Å²) in [4.78, 5) is 24.6. The number of quaternary nitrogens is 1. The maximum atomic E-state index is 12.1. The van der Waals surface area contributed by atoms with Gasteiger partial charge in [0.2, 0.25) is 0 Å². The summed E-state index contributed by atoms with van der Waals surface area (Å²) in [6.07, 6.45) is 0. The van der Waals surface area contributed by atoms with Gasteiger partial charge in [0.15, 0.2) is 6.54 Å². The van der Waals surface area contributed by atoms with E-state index in [0.717, 1.165) is 16.0 Å². The summed E-state index contributed by atoms with van der Waals surface area (Å²) in [7, 11) is 3.57. The Hall–Kier alpha value is -2.37. The van der Waals surface area contributed by atoms with Gasteiger partial charge < -0.3 is 15.5 Å². The molecule has 0 fully saturated rings. The molecule has 25 heavy (non-hydrogen) atoms. The molecule has 0 bridgehead atoms. The predicted octanol–water partition coefficient (Wildman–Crippen LogP) is 1.03. The first-order valence-corrected chi connectivity index (χ1v) is 8.49. The van der Waals surface area contributed by atoms with Crippen LogP contribution in [0, 0.1) is 0 Å². The second kappa shape index (κ2) is 9.20. The van der Waals surface area contributed by atoms with E-state index in [-0.39, 0.29) is 11.8 Å². The van der Waals surface area contributed by atoms with Crippen LogP contribution in [-0.4, -0.2) is 32.5 Å². The third-order valence-electron chi connectivity index (χ3n) is 3.81. The van der Waals surface area contributed by atoms with Gasteiger partial charge in [0.25, 0.3) is 11.8 Å². The predicted molar refractivity (Wildman–Crippen MR) is 98.6 cm³/mol. The highest BCUT2D eigenvalue weighted by Crippen LogP contribution is 2.09. The van der Waals surface area contributed by atoms with Crippen molar-refractivity contribution in [1.29, 1.82) is 0 Å². The SMILES string of the molecule is CNC(=O)c1ccc(C[NH+](C)CC(=O)NCc2ccc(Cl)cc2)cc1. The minimum atomic E-state index is -0.103. The maximum Gasteiger partial charge on any atom is 0.275 e. The van der Waals surface area contributed by atoms with Crippen LogP contribution in [-0.2, 0) is 17.9 Å². The number of benzene rings is 2. The van der Waals surface area contributed by atoms with E-state index in [1.54, 1.807) is 19.2 Å². The fourth-order valence-corrected chi connectivity index (χ4v) is 2.59. The van der Waals surface area contributed by atoms with Crippen molar-refractivity contribution in [2.45, 2.75) is 13.1 Å². The van der Waals surface area contributed by atoms with Gasteiger partial charge in [-0.05, 0) is 29.8 Å². The molecule has 0 spiro atoms. The standard InChI is InChI=1S/C19H22ClN3O2/c1-21-19(25)16-7-3-15(4-8-16)12-23(2)13-18(24)22-11-14-5-9-17(20)10-6-14/h3-10H,11-13H2,1-2H3,(H,21,25)(H,22,24)/p+1. The highest BCUT2D eigenvalue weighted by atomic mass is 35.5. The molecule has 0 aliphatic rings. The molecule has 132 valence electrons. The molecule has 0 aromatic heterocycles. The molecule has 1 atom stereocenters. The van der Waals surface area contributed by atoms with Crippen molar-refractivity contribution >= 4 is 23.4 Å². The lowest BCUT2D eigenvalue weighted by molar-refractivity contribution is -0.885. The molecular weight excluding hydrogens is 338 g/mol. The van der Waals surface area contributed by atoms with Crippen LogP contribution in [0.1, 0.15) is 21.5 Å². The molecule has 2 aromatic carbocycles. The van der Waals surface area contributed by atoms with E-state index in [9.17, 15) is 9.59 Å². The Bertz CT molecular complexity index is 714. The van der Waals surface area contributed by atoms with Gasteiger partial charge in [-0.3, -0.25) is 9.59 Å². The van der Waals surface area contributed by atoms with Gasteiger partial charge in [-0.1, -0.05) is 35.9 Å². The Kier molecular flexibility index (Phi) is 6.98. The molecule has 0 aliphatic heterocycles. The Morgan fingerprint density at radius 3 is 2.20 bits per heavy atom. The van der Waals surface area contributed by atoms with Crippen molar-refractivity contribution in [2.24, 2.45) is 0 Å². The van der Waals surface area contributed by atoms with Gasteiger partial charge in [-0.25, -0.2) is 0 Å². The van der Waals surface area contributed by atoms with E-state index >= 15 is 0 Å². The largest absolute Gasteiger partial charge is 0.355 e. The minimum Gasteiger partial charge on any atom is -0.355 e. The van der Waals surface area contributed by atoms with Crippen LogP contribution in [0.4, 0.5) is 0 Å². The van der Waals surface area contributed by atoms with Crippen LogP contribution >= 0.6 is 11.6 Å². The van der Waals surface area contributed by atoms with Crippen LogP contribution in [0.5, 0.6) is 0 Å². The summed E-state index contributed by atoms with van der Waals surface area (Å²) in [5.74, 6) is -0.108. The van der Waals surface area contributed by atoms with E-state index in [4.69, 9.17) is 11.6 Å². The third-order valence-corrected chi connectivity index (χ3v) is 4.07. The Morgan fingerprint density at radius 2 is 1.60 bits per heavy atom. The molecule has 0 saturated heterocycles. The van der Waals surface area contributed by atoms with Crippen molar-refractivity contribution in [3.63, 3.8) is 0 Å². The zero-order chi connectivity index (χ0) is 18.2. The number of amides is 2. The molecule has 6 heteroatoms. The van der Waals surface area contributed by atoms with E-state index in [0.29, 0.717) is 30.2 Å². The molecule has 2 rings (SSSR count). The third kappa shape index (κ3) is 6.21. The van der Waals surface area contributed by atoms with Gasteiger partial charge >= 0.3 is 0 Å². The summed E-state index contributed by atoms with van der Waals surface area (Å²) < 4.78 is 0. The van der Waals surface area contributed by atoms with E-state index in [2.05, 4.69) is 10.6 Å². The molecule has 0 aliphatic carbocycles. The first-order chi connectivity index (χ1) is 12.0. The maximum absolute atomic E-state index is 12.1. The lowest BCUT2D eigenvalue weighted by Gasteiger charge is -2.14. The van der Waals surface area contributed by atoms with Crippen LogP contribution < -0.4 is 15.5 Å². The van der Waals surface area contributed by atoms with E-state index in [1.165, 1.54) is 0 Å². The summed E-state index contributed by atoms with van der Waals surface area (Å²) in [6, 6.07) is 14.8. The summed E-state index contributed by atoms with van der Waals surface area (Å²) in [5, 5.41) is 6.19. The van der Waals surface area contributed by atoms with E-state index < -0.39 is 0 Å². The monoisotopic (exact) mass is 360 g/mol. The van der Waals surface area contributed by atoms with Crippen LogP contribution in [0.2, 0.25) is 5.02 Å². The Morgan fingerprint density at radius 1 is 1.00 bits per heavy atom. The number of halogens is 1. The average Bonchev–Trinajstić information content (AvgIpc) is 2.61. The number of hydrogen-bond acceptors (Lipinski definition) is 2. The molecule has 2 amide bonds. The van der Waals surface area contributed by atoms with Crippen molar-refractivity contribution in [1.82, 2.24) is 10.6 Å². The van der Waals surface area contributed by atoms with Crippen LogP contribution in [0.25, 0.3) is 0 Å². The average molecular weight is 361 g/mol. The fraction of sp³-hybridized carbons (Fsp3) is 0.263. The van der Waals surface area contributed by atoms with Crippen LogP contribution in [0.15, 0.2) is 48.5 Å². The normalized spacial score (nSPS) is 11.6. The molecule has 5 nitrogen and oxygen atoms in total. The second-order valence-electron chi connectivity index (χ2n) is 5.99. The molecule has 0 heterocycles. The van der Waals surface area contributed by atoms with Crippen LogP contribution in [0.3, 0.4) is 0 Å². The van der Waals surface area contributed by atoms with Gasteiger partial charge in [-0.15, -0.1) is 0 Å². The summed E-state index contributed by atoms with van der Waals surface area (Å²) in [6.45, 7) is 1.58. The van der Waals surface area contributed by atoms with Gasteiger partial charge in [-0.2, -0.15) is 0 Å². The first-order valence-electron chi connectivity index (χ1n) is 8.11. The molecule has 0 radical (unpaired) electrons. The first kappa shape index (κ1) is 19.0. The van der Waals surface area contributed by atoms with Gasteiger partial charge in [0, 0.05) is 29.7 Å². The fourth-order valence-electron chi connectivity index (χ4n) is 2.47. The zero-order valence-corrected chi connectivity index (χ0v) is 15.2. The smallest absolute Gasteiger partial charge is 0.275 e. The number of hydrogen-bond donors (Lipinski definition) is 3. The number of carbonyl (C=O) groups is 2. The lowest BCUT2D eigenvalue weighted by Crippen LogP contribution is -3.08. The molecule has 3 N–H and O–H groups in total. The lowest BCUT2D eigenvalue weighted by atomic mass is 10.1. The minimum absolute atomic E-state index is 0.00516. The Balaban J connectivity index is 1.78. The highest BCUT2D eigenvalue weighted by molar-refractivity contribution is 6.30. The van der Waals surface area contributed by atoms with Gasteiger partial charge in [0.05, 0.1) is 7.05 Å². The van der Waals surface area contributed by atoms with E-state index in [1.807, 2.05) is 43.4 Å². The van der Waals surface area contributed by atoms with Crippen molar-refractivity contribution < 1.29 is 14.5 Å². The second-order valence-corrected chi connectivity index (χ2v) is 6.43. The summed E-state index contributed by atoms with van der Waals surface area (Å²) in [5.41, 5.74) is 2.72. The van der Waals surface area contributed by atoms with Crippen molar-refractivity contribution in [3.8, 4) is 0 Å². The molecule has 0 saturated carbocycles. The molecular formula is C19H23ClN3O2+. The number of rotatable bonds is 7. The number of carbonyl (C=O) groups excluding carboxylic acids is 2. The van der Waals surface area contributed by atoms with Crippen molar-refractivity contribution in [3.05, 3.63) is 70.2 Å². The molecule has 1 unspecified atom stereocenters. The highest BCUT2D eigenvalue weighted by Gasteiger charge is 2.11. The number of nitrogens with one attached hydrogen (secondary N) is 3. The number of likely N-dealkylation sites (N-methyl/N-ethyl adjacent to an activating group) is 1. The quantitative estimate of drug-likeness (QED) is 0.690. The zero-order valence-electron chi connectivity index (χ0n) is 14.4. The summed E-state index contributed by atoms with van der Waals surface area (Å²) >= 11 is 5.84. The van der Waals surface area contributed by atoms with Crippen molar-refractivity contribution in [2.75, 3.05) is 20.6 Å². The van der Waals surface area contributed by atoms with Gasteiger partial charge in [0.1, 0.15) is 6.54 Å². The Labute approximate surface area is 153 Å². The molecule has 2 aromatic rings.